The molecule has 0 aliphatic heterocycles. The zero-order valence-corrected chi connectivity index (χ0v) is 10.5. The van der Waals surface area contributed by atoms with Crippen LogP contribution in [0.25, 0.3) is 0 Å². The van der Waals surface area contributed by atoms with Crippen LogP contribution in [-0.2, 0) is 6.54 Å². The van der Waals surface area contributed by atoms with Gasteiger partial charge < -0.3 is 5.32 Å². The summed E-state index contributed by atoms with van der Waals surface area (Å²) in [6, 6.07) is 2.81. The lowest BCUT2D eigenvalue weighted by Gasteiger charge is -2.07. The highest BCUT2D eigenvalue weighted by molar-refractivity contribution is 7.99. The predicted octanol–water partition coefficient (Wildman–Crippen LogP) is 3.58. The molecule has 1 aromatic carbocycles. The summed E-state index contributed by atoms with van der Waals surface area (Å²) in [5.41, 5.74) is 0.656. The van der Waals surface area contributed by atoms with Crippen LogP contribution in [0.5, 0.6) is 0 Å². The first kappa shape index (κ1) is 13.5. The number of benzene rings is 1. The first-order valence-corrected chi connectivity index (χ1v) is 6.49. The SMILES string of the molecule is CCCNCc1cc(F)c(SCC)c(F)c1. The molecule has 0 amide bonds. The summed E-state index contributed by atoms with van der Waals surface area (Å²) in [4.78, 5) is 0.127. The molecule has 0 aliphatic rings. The molecule has 0 aromatic heterocycles. The van der Waals surface area contributed by atoms with Gasteiger partial charge in [-0.2, -0.15) is 0 Å². The van der Waals surface area contributed by atoms with E-state index in [0.717, 1.165) is 13.0 Å². The Labute approximate surface area is 99.6 Å². The Morgan fingerprint density at radius 2 is 1.81 bits per heavy atom. The molecule has 16 heavy (non-hydrogen) atoms. The molecule has 4 heteroatoms. The van der Waals surface area contributed by atoms with Gasteiger partial charge in [0, 0.05) is 6.54 Å². The van der Waals surface area contributed by atoms with Gasteiger partial charge in [0.2, 0.25) is 0 Å². The maximum absolute atomic E-state index is 13.5. The average molecular weight is 245 g/mol. The maximum Gasteiger partial charge on any atom is 0.140 e. The fourth-order valence-electron chi connectivity index (χ4n) is 1.41. The van der Waals surface area contributed by atoms with Crippen molar-refractivity contribution in [2.24, 2.45) is 0 Å². The minimum absolute atomic E-state index is 0.127. The third-order valence-electron chi connectivity index (χ3n) is 2.10. The zero-order chi connectivity index (χ0) is 12.0. The molecule has 1 nitrogen and oxygen atoms in total. The second-order valence-electron chi connectivity index (χ2n) is 3.50. The molecular formula is C12H17F2NS. The highest BCUT2D eigenvalue weighted by Gasteiger charge is 2.10. The fourth-order valence-corrected chi connectivity index (χ4v) is 2.09. The van der Waals surface area contributed by atoms with Crippen LogP contribution < -0.4 is 5.32 Å². The van der Waals surface area contributed by atoms with Crippen molar-refractivity contribution in [3.63, 3.8) is 0 Å². The molecule has 1 rings (SSSR count). The van der Waals surface area contributed by atoms with Gasteiger partial charge in [-0.3, -0.25) is 0 Å². The van der Waals surface area contributed by atoms with Crippen molar-refractivity contribution in [2.45, 2.75) is 31.7 Å². The van der Waals surface area contributed by atoms with Crippen LogP contribution in [0.15, 0.2) is 17.0 Å². The highest BCUT2D eigenvalue weighted by Crippen LogP contribution is 2.26. The van der Waals surface area contributed by atoms with Crippen LogP contribution in [0.3, 0.4) is 0 Å². The normalized spacial score (nSPS) is 10.8. The smallest absolute Gasteiger partial charge is 0.140 e. The summed E-state index contributed by atoms with van der Waals surface area (Å²) in [5.74, 6) is -0.248. The Hall–Kier alpha value is -0.610. The summed E-state index contributed by atoms with van der Waals surface area (Å²) < 4.78 is 27.0. The standard InChI is InChI=1S/C12H17F2NS/c1-3-5-15-8-9-6-10(13)12(16-4-2)11(14)7-9/h6-7,15H,3-5,8H2,1-2H3. The summed E-state index contributed by atoms with van der Waals surface area (Å²) >= 11 is 1.20. The van der Waals surface area contributed by atoms with Crippen LogP contribution in [0.1, 0.15) is 25.8 Å². The van der Waals surface area contributed by atoms with E-state index in [4.69, 9.17) is 0 Å². The van der Waals surface area contributed by atoms with Crippen LogP contribution in [-0.4, -0.2) is 12.3 Å². The summed E-state index contributed by atoms with van der Waals surface area (Å²) in [7, 11) is 0. The Morgan fingerprint density at radius 1 is 1.19 bits per heavy atom. The second-order valence-corrected chi connectivity index (χ2v) is 4.77. The molecule has 0 radical (unpaired) electrons. The van der Waals surface area contributed by atoms with Gasteiger partial charge in [0.15, 0.2) is 0 Å². The minimum Gasteiger partial charge on any atom is -0.313 e. The number of nitrogens with one attached hydrogen (secondary N) is 1. The molecule has 1 aromatic rings. The van der Waals surface area contributed by atoms with Crippen molar-refractivity contribution in [3.8, 4) is 0 Å². The van der Waals surface area contributed by atoms with Crippen molar-refractivity contribution >= 4 is 11.8 Å². The summed E-state index contributed by atoms with van der Waals surface area (Å²) in [6.45, 7) is 5.29. The number of hydrogen-bond donors (Lipinski definition) is 1. The Balaban J connectivity index is 2.75. The van der Waals surface area contributed by atoms with Gasteiger partial charge in [-0.25, -0.2) is 8.78 Å². The van der Waals surface area contributed by atoms with Crippen molar-refractivity contribution < 1.29 is 8.78 Å². The molecule has 0 fully saturated rings. The Morgan fingerprint density at radius 3 is 2.31 bits per heavy atom. The van der Waals surface area contributed by atoms with Crippen LogP contribution >= 0.6 is 11.8 Å². The molecule has 0 heterocycles. The topological polar surface area (TPSA) is 12.0 Å². The molecule has 1 N–H and O–H groups in total. The second kappa shape index (κ2) is 6.86. The van der Waals surface area contributed by atoms with E-state index < -0.39 is 11.6 Å². The van der Waals surface area contributed by atoms with Gasteiger partial charge in [-0.1, -0.05) is 13.8 Å². The lowest BCUT2D eigenvalue weighted by molar-refractivity contribution is 0.534. The van der Waals surface area contributed by atoms with Gasteiger partial charge in [0.1, 0.15) is 11.6 Å². The molecule has 0 saturated heterocycles. The molecule has 0 bridgehead atoms. The highest BCUT2D eigenvalue weighted by atomic mass is 32.2. The van der Waals surface area contributed by atoms with E-state index in [1.54, 1.807) is 0 Å². The third-order valence-corrected chi connectivity index (χ3v) is 3.07. The van der Waals surface area contributed by atoms with Crippen molar-refractivity contribution in [2.75, 3.05) is 12.3 Å². The quantitative estimate of drug-likeness (QED) is 0.607. The van der Waals surface area contributed by atoms with Gasteiger partial charge in [0.05, 0.1) is 4.90 Å². The van der Waals surface area contributed by atoms with E-state index in [-0.39, 0.29) is 4.90 Å². The van der Waals surface area contributed by atoms with Crippen LogP contribution in [0.2, 0.25) is 0 Å². The fraction of sp³-hybridized carbons (Fsp3) is 0.500. The van der Waals surface area contributed by atoms with E-state index in [9.17, 15) is 8.78 Å². The summed E-state index contributed by atoms with van der Waals surface area (Å²) in [6.07, 6.45) is 1.01. The van der Waals surface area contributed by atoms with Gasteiger partial charge in [-0.05, 0) is 36.4 Å². The first-order chi connectivity index (χ1) is 7.69. The first-order valence-electron chi connectivity index (χ1n) is 5.50. The number of thioether (sulfide) groups is 1. The lowest BCUT2D eigenvalue weighted by Crippen LogP contribution is -2.14. The largest absolute Gasteiger partial charge is 0.313 e. The molecule has 0 aliphatic carbocycles. The van der Waals surface area contributed by atoms with Gasteiger partial charge in [0.25, 0.3) is 0 Å². The monoisotopic (exact) mass is 245 g/mol. The van der Waals surface area contributed by atoms with E-state index in [1.165, 1.54) is 23.9 Å². The van der Waals surface area contributed by atoms with E-state index in [0.29, 0.717) is 17.9 Å². The average Bonchev–Trinajstić information content (AvgIpc) is 2.24. The van der Waals surface area contributed by atoms with Gasteiger partial charge in [-0.15, -0.1) is 11.8 Å². The summed E-state index contributed by atoms with van der Waals surface area (Å²) in [5, 5.41) is 3.12. The molecule has 0 atom stereocenters. The van der Waals surface area contributed by atoms with Crippen molar-refractivity contribution in [1.82, 2.24) is 5.32 Å². The molecule has 0 unspecified atom stereocenters. The van der Waals surface area contributed by atoms with Crippen LogP contribution in [0, 0.1) is 11.6 Å². The van der Waals surface area contributed by atoms with E-state index >= 15 is 0 Å². The number of hydrogen-bond acceptors (Lipinski definition) is 2. The number of rotatable bonds is 6. The lowest BCUT2D eigenvalue weighted by atomic mass is 10.2. The van der Waals surface area contributed by atoms with Crippen LogP contribution in [0.4, 0.5) is 8.78 Å². The molecular weight excluding hydrogens is 228 g/mol. The van der Waals surface area contributed by atoms with E-state index in [2.05, 4.69) is 12.2 Å². The molecule has 0 spiro atoms. The van der Waals surface area contributed by atoms with E-state index in [1.807, 2.05) is 6.92 Å². The zero-order valence-electron chi connectivity index (χ0n) is 9.65. The molecule has 0 saturated carbocycles. The third kappa shape index (κ3) is 3.76. The Bertz CT molecular complexity index is 319. The molecule has 90 valence electrons. The Kier molecular flexibility index (Phi) is 5.77. The van der Waals surface area contributed by atoms with Gasteiger partial charge >= 0.3 is 0 Å². The number of halogens is 2. The van der Waals surface area contributed by atoms with Crippen molar-refractivity contribution in [1.29, 1.82) is 0 Å². The van der Waals surface area contributed by atoms with Crippen molar-refractivity contribution in [3.05, 3.63) is 29.3 Å². The predicted molar refractivity (Wildman–Crippen MR) is 64.8 cm³/mol. The maximum atomic E-state index is 13.5. The minimum atomic E-state index is -0.458.